The van der Waals surface area contributed by atoms with Gasteiger partial charge in [0.25, 0.3) is 5.01 Å². The average Bonchev–Trinajstić information content (AvgIpc) is 3.39. The van der Waals surface area contributed by atoms with Crippen LogP contribution < -0.4 is 9.47 Å². The van der Waals surface area contributed by atoms with Crippen LogP contribution in [0.2, 0.25) is 0 Å². The van der Waals surface area contributed by atoms with Gasteiger partial charge in [-0.3, -0.25) is 0 Å². The largest absolute Gasteiger partial charge is 0.744 e. The van der Waals surface area contributed by atoms with Gasteiger partial charge in [-0.1, -0.05) is 52.9 Å². The Labute approximate surface area is 240 Å². The molecule has 1 aliphatic heterocycles. The van der Waals surface area contributed by atoms with Crippen molar-refractivity contribution in [3.8, 4) is 0 Å². The third-order valence-electron chi connectivity index (χ3n) is 6.42. The van der Waals surface area contributed by atoms with E-state index in [1.165, 1.54) is 59.7 Å². The lowest BCUT2D eigenvalue weighted by atomic mass is 10.2. The van der Waals surface area contributed by atoms with Gasteiger partial charge in [0.1, 0.15) is 21.4 Å². The number of fused-ring (bicyclic) bond motifs is 2. The van der Waals surface area contributed by atoms with Gasteiger partial charge in [0.15, 0.2) is 0 Å². The second kappa shape index (κ2) is 12.1. The number of aromatic nitrogens is 1. The molecule has 0 aliphatic carbocycles. The summed E-state index contributed by atoms with van der Waals surface area (Å²) in [6.07, 6.45) is 4.66. The van der Waals surface area contributed by atoms with Crippen molar-refractivity contribution in [2.75, 3.05) is 11.4 Å². The highest BCUT2D eigenvalue weighted by Crippen LogP contribution is 2.46. The van der Waals surface area contributed by atoms with E-state index in [4.69, 9.17) is 0 Å². The molecule has 4 aromatic rings. The van der Waals surface area contributed by atoms with Crippen LogP contribution in [0.1, 0.15) is 42.5 Å². The Balaban J connectivity index is 0.000000270. The van der Waals surface area contributed by atoms with E-state index in [2.05, 4.69) is 92.6 Å². The highest BCUT2D eigenvalue weighted by Gasteiger charge is 2.24. The first kappa shape index (κ1) is 29.1. The second-order valence-electron chi connectivity index (χ2n) is 9.61. The maximum Gasteiger partial charge on any atom is 0.262 e. The molecule has 5 rings (SSSR count). The molecular formula is C31H34N2O3S3. The van der Waals surface area contributed by atoms with Crippen LogP contribution in [-0.4, -0.2) is 19.5 Å². The van der Waals surface area contributed by atoms with Gasteiger partial charge in [0, 0.05) is 23.6 Å². The summed E-state index contributed by atoms with van der Waals surface area (Å²) < 4.78 is 34.9. The van der Waals surface area contributed by atoms with Crippen LogP contribution in [0.5, 0.6) is 0 Å². The summed E-state index contributed by atoms with van der Waals surface area (Å²) in [6, 6.07) is 19.3. The smallest absolute Gasteiger partial charge is 0.262 e. The monoisotopic (exact) mass is 578 g/mol. The number of aryl methyl sites for hydroxylation is 4. The molecule has 3 aromatic carbocycles. The zero-order chi connectivity index (χ0) is 28.3. The van der Waals surface area contributed by atoms with Crippen molar-refractivity contribution >= 4 is 55.2 Å². The molecule has 1 aliphatic rings. The highest BCUT2D eigenvalue weighted by atomic mass is 32.2. The summed E-state index contributed by atoms with van der Waals surface area (Å²) in [5, 5.41) is 2.63. The maximum absolute atomic E-state index is 10.4. The van der Waals surface area contributed by atoms with Gasteiger partial charge in [-0.05, 0) is 94.7 Å². The number of rotatable bonds is 5. The molecule has 0 N–H and O–H groups in total. The lowest BCUT2D eigenvalue weighted by Crippen LogP contribution is -2.33. The number of thioether (sulfide) groups is 1. The fourth-order valence-corrected chi connectivity index (χ4v) is 7.33. The van der Waals surface area contributed by atoms with Crippen LogP contribution in [0.15, 0.2) is 87.1 Å². The predicted molar refractivity (Wildman–Crippen MR) is 163 cm³/mol. The second-order valence-corrected chi connectivity index (χ2v) is 13.1. The van der Waals surface area contributed by atoms with E-state index < -0.39 is 10.1 Å². The maximum atomic E-state index is 10.4. The van der Waals surface area contributed by atoms with Gasteiger partial charge < -0.3 is 9.45 Å². The Hall–Kier alpha value is -2.91. The van der Waals surface area contributed by atoms with Crippen molar-refractivity contribution < 1.29 is 17.5 Å². The molecule has 5 nitrogen and oxygen atoms in total. The number of anilines is 1. The van der Waals surface area contributed by atoms with Gasteiger partial charge in [-0.15, -0.1) is 0 Å². The van der Waals surface area contributed by atoms with Crippen LogP contribution in [0.3, 0.4) is 0 Å². The molecule has 39 heavy (non-hydrogen) atoms. The molecule has 204 valence electrons. The zero-order valence-corrected chi connectivity index (χ0v) is 25.6. The number of benzene rings is 3. The van der Waals surface area contributed by atoms with Crippen molar-refractivity contribution in [2.45, 2.75) is 57.9 Å². The van der Waals surface area contributed by atoms with Gasteiger partial charge >= 0.3 is 0 Å². The summed E-state index contributed by atoms with van der Waals surface area (Å²) in [6.45, 7) is 14.8. The first-order valence-corrected chi connectivity index (χ1v) is 16.0. The third-order valence-corrected chi connectivity index (χ3v) is 9.49. The summed E-state index contributed by atoms with van der Waals surface area (Å²) in [5.74, 6) is 0. The number of hydrogen-bond donors (Lipinski definition) is 0. The van der Waals surface area contributed by atoms with E-state index in [0.717, 1.165) is 18.7 Å². The first-order valence-electron chi connectivity index (χ1n) is 12.9. The molecule has 0 amide bonds. The standard InChI is InChI=1S/C24H27N2S2.C7H8O3S/c1-6-25-19-12-16(3)8-10-21(19)27-23(25)14-18(5)15-24-26(7-2)20-13-17(4)9-11-22(20)28-24;1-6-2-4-7(5-3-6)11(8,9)10/h8-15H,6-7H2,1-5H3;2-5H,1H3,(H,8,9,10)/q+1;/p-1. The summed E-state index contributed by atoms with van der Waals surface area (Å²) in [5.41, 5.74) is 7.53. The Kier molecular flexibility index (Phi) is 9.01. The minimum atomic E-state index is -4.27. The minimum Gasteiger partial charge on any atom is -0.744 e. The molecule has 0 radical (unpaired) electrons. The van der Waals surface area contributed by atoms with Gasteiger partial charge in [0.05, 0.1) is 15.6 Å². The molecular weight excluding hydrogens is 545 g/mol. The fraction of sp³-hybridized carbons (Fsp3) is 0.258. The number of thiazole rings is 1. The van der Waals surface area contributed by atoms with E-state index in [1.807, 2.05) is 30.0 Å². The van der Waals surface area contributed by atoms with E-state index >= 15 is 0 Å². The highest BCUT2D eigenvalue weighted by molar-refractivity contribution is 8.03. The molecule has 0 saturated heterocycles. The summed E-state index contributed by atoms with van der Waals surface area (Å²) >= 11 is 3.75. The zero-order valence-electron chi connectivity index (χ0n) is 23.2. The van der Waals surface area contributed by atoms with Crippen molar-refractivity contribution in [2.24, 2.45) is 0 Å². The van der Waals surface area contributed by atoms with Crippen LogP contribution in [0.25, 0.3) is 16.3 Å². The van der Waals surface area contributed by atoms with E-state index in [-0.39, 0.29) is 4.90 Å². The molecule has 8 heteroatoms. The summed E-state index contributed by atoms with van der Waals surface area (Å²) in [7, 11) is -4.27. The molecule has 0 fully saturated rings. The third kappa shape index (κ3) is 6.81. The Morgan fingerprint density at radius 1 is 0.949 bits per heavy atom. The molecule has 0 bridgehead atoms. The normalized spacial score (nSPS) is 14.5. The molecule has 0 atom stereocenters. The van der Waals surface area contributed by atoms with Crippen molar-refractivity contribution in [1.29, 1.82) is 0 Å². The van der Waals surface area contributed by atoms with Crippen molar-refractivity contribution in [3.63, 3.8) is 0 Å². The predicted octanol–water partition coefficient (Wildman–Crippen LogP) is 7.60. The van der Waals surface area contributed by atoms with Gasteiger partial charge in [-0.25, -0.2) is 8.42 Å². The molecule has 0 saturated carbocycles. The van der Waals surface area contributed by atoms with Crippen molar-refractivity contribution in [1.82, 2.24) is 0 Å². The molecule has 1 aromatic heterocycles. The SMILES string of the molecule is CCN1/C(=C/C(C)=C\c2sc3ccc(C)cc3[n+]2CC)Sc2ccc(C)cc21.Cc1ccc(S(=O)(=O)[O-])cc1. The van der Waals surface area contributed by atoms with Crippen LogP contribution in [0, 0.1) is 20.8 Å². The first-order chi connectivity index (χ1) is 18.5. The Bertz CT molecular complexity index is 1670. The van der Waals surface area contributed by atoms with E-state index in [0.29, 0.717) is 0 Å². The van der Waals surface area contributed by atoms with E-state index in [1.54, 1.807) is 12.1 Å². The Morgan fingerprint density at radius 2 is 1.59 bits per heavy atom. The quantitative estimate of drug-likeness (QED) is 0.180. The lowest BCUT2D eigenvalue weighted by molar-refractivity contribution is -0.665. The van der Waals surface area contributed by atoms with Crippen LogP contribution in [0.4, 0.5) is 5.69 Å². The fourth-order valence-electron chi connectivity index (χ4n) is 4.43. The van der Waals surface area contributed by atoms with Crippen LogP contribution >= 0.6 is 23.1 Å². The minimum absolute atomic E-state index is 0.178. The lowest BCUT2D eigenvalue weighted by Gasteiger charge is -2.18. The molecule has 0 spiro atoms. The Morgan fingerprint density at radius 3 is 2.23 bits per heavy atom. The molecule has 2 heterocycles. The van der Waals surface area contributed by atoms with Gasteiger partial charge in [0.2, 0.25) is 5.52 Å². The average molecular weight is 579 g/mol. The van der Waals surface area contributed by atoms with E-state index in [9.17, 15) is 13.0 Å². The number of hydrogen-bond acceptors (Lipinski definition) is 6. The number of allylic oxidation sites excluding steroid dienone is 2. The molecule has 0 unspecified atom stereocenters. The van der Waals surface area contributed by atoms with Crippen molar-refractivity contribution in [3.05, 3.63) is 99.0 Å². The topological polar surface area (TPSA) is 64.3 Å². The number of nitrogens with zero attached hydrogens (tertiary/aromatic N) is 2. The summed E-state index contributed by atoms with van der Waals surface area (Å²) in [4.78, 5) is 3.60. The van der Waals surface area contributed by atoms with Gasteiger partial charge in [-0.2, -0.15) is 4.57 Å². The van der Waals surface area contributed by atoms with Crippen LogP contribution in [-0.2, 0) is 16.7 Å².